The molecule has 0 aromatic heterocycles. The summed E-state index contributed by atoms with van der Waals surface area (Å²) in [5.74, 6) is -2.32. The standard InChI is InChI=1S/C18H22O6/c1-18(17(22)24-3)9-8-13(14(16(18)21)10-15(19)20)11-4-6-12(23-2)7-5-11/h4-7,13-14H,8-10H2,1-3H3,(H,19,20)/t13-,14-,18+/m1/s1. The van der Waals surface area contributed by atoms with Gasteiger partial charge in [0, 0.05) is 5.92 Å². The Bertz CT molecular complexity index is 635. The molecule has 0 heterocycles. The number of Topliss-reactive ketones (excluding diaryl/α,β-unsaturated/α-hetero) is 1. The Morgan fingerprint density at radius 3 is 2.38 bits per heavy atom. The van der Waals surface area contributed by atoms with Crippen molar-refractivity contribution in [3.8, 4) is 5.75 Å². The first-order valence-electron chi connectivity index (χ1n) is 7.82. The van der Waals surface area contributed by atoms with Crippen molar-refractivity contribution < 1.29 is 29.0 Å². The summed E-state index contributed by atoms with van der Waals surface area (Å²) in [6, 6.07) is 7.25. The second-order valence-corrected chi connectivity index (χ2v) is 6.31. The van der Waals surface area contributed by atoms with E-state index in [1.54, 1.807) is 26.2 Å². The van der Waals surface area contributed by atoms with Crippen LogP contribution in [0.1, 0.15) is 37.7 Å². The van der Waals surface area contributed by atoms with E-state index in [4.69, 9.17) is 9.47 Å². The molecule has 1 aliphatic carbocycles. The lowest BCUT2D eigenvalue weighted by molar-refractivity contribution is -0.163. The van der Waals surface area contributed by atoms with Crippen LogP contribution in [0, 0.1) is 11.3 Å². The number of benzene rings is 1. The van der Waals surface area contributed by atoms with Gasteiger partial charge in [0.15, 0.2) is 5.78 Å². The minimum atomic E-state index is -1.28. The van der Waals surface area contributed by atoms with Crippen molar-refractivity contribution in [3.05, 3.63) is 29.8 Å². The molecule has 1 aromatic carbocycles. The first kappa shape index (κ1) is 18.0. The Labute approximate surface area is 140 Å². The van der Waals surface area contributed by atoms with Crippen molar-refractivity contribution >= 4 is 17.7 Å². The molecule has 0 aliphatic heterocycles. The van der Waals surface area contributed by atoms with Gasteiger partial charge in [-0.25, -0.2) is 0 Å². The zero-order valence-corrected chi connectivity index (χ0v) is 14.1. The van der Waals surface area contributed by atoms with Gasteiger partial charge < -0.3 is 14.6 Å². The molecule has 1 fully saturated rings. The van der Waals surface area contributed by atoms with E-state index in [2.05, 4.69) is 0 Å². The van der Waals surface area contributed by atoms with Gasteiger partial charge in [-0.15, -0.1) is 0 Å². The van der Waals surface area contributed by atoms with Gasteiger partial charge in [0.05, 0.1) is 20.6 Å². The second kappa shape index (κ2) is 7.03. The summed E-state index contributed by atoms with van der Waals surface area (Å²) in [7, 11) is 2.80. The number of carbonyl (C=O) groups excluding carboxylic acids is 2. The van der Waals surface area contributed by atoms with Crippen LogP contribution < -0.4 is 4.74 Å². The summed E-state index contributed by atoms with van der Waals surface area (Å²) >= 11 is 0. The van der Waals surface area contributed by atoms with Crippen molar-refractivity contribution in [3.63, 3.8) is 0 Å². The second-order valence-electron chi connectivity index (χ2n) is 6.31. The van der Waals surface area contributed by atoms with Gasteiger partial charge in [0.25, 0.3) is 0 Å². The highest BCUT2D eigenvalue weighted by molar-refractivity contribution is 6.06. The predicted molar refractivity (Wildman–Crippen MR) is 85.8 cm³/mol. The van der Waals surface area contributed by atoms with Crippen LogP contribution in [0.2, 0.25) is 0 Å². The lowest BCUT2D eigenvalue weighted by Crippen LogP contribution is -2.47. The molecule has 0 bridgehead atoms. The Kier molecular flexibility index (Phi) is 5.26. The third-order valence-corrected chi connectivity index (χ3v) is 4.90. The third-order valence-electron chi connectivity index (χ3n) is 4.90. The van der Waals surface area contributed by atoms with E-state index < -0.39 is 23.3 Å². The Morgan fingerprint density at radius 1 is 1.25 bits per heavy atom. The summed E-state index contributed by atoms with van der Waals surface area (Å²) in [6.07, 6.45) is 0.578. The van der Waals surface area contributed by atoms with E-state index in [1.807, 2.05) is 12.1 Å². The average molecular weight is 334 g/mol. The molecule has 1 N–H and O–H groups in total. The van der Waals surface area contributed by atoms with Gasteiger partial charge in [-0.05, 0) is 43.4 Å². The van der Waals surface area contributed by atoms with Crippen LogP contribution in [0.25, 0.3) is 0 Å². The van der Waals surface area contributed by atoms with Crippen molar-refractivity contribution in [1.82, 2.24) is 0 Å². The van der Waals surface area contributed by atoms with Crippen molar-refractivity contribution in [1.29, 1.82) is 0 Å². The zero-order chi connectivity index (χ0) is 17.9. The van der Waals surface area contributed by atoms with Crippen LogP contribution in [0.5, 0.6) is 5.75 Å². The quantitative estimate of drug-likeness (QED) is 0.657. The van der Waals surface area contributed by atoms with E-state index in [1.165, 1.54) is 7.11 Å². The summed E-state index contributed by atoms with van der Waals surface area (Å²) in [5.41, 5.74) is -0.403. The van der Waals surface area contributed by atoms with Gasteiger partial charge in [0.2, 0.25) is 0 Å². The third kappa shape index (κ3) is 3.27. The highest BCUT2D eigenvalue weighted by atomic mass is 16.5. The van der Waals surface area contributed by atoms with Crippen LogP contribution in [0.3, 0.4) is 0 Å². The molecule has 2 rings (SSSR count). The van der Waals surface area contributed by atoms with E-state index in [0.29, 0.717) is 18.6 Å². The Balaban J connectivity index is 2.36. The molecule has 130 valence electrons. The number of ether oxygens (including phenoxy) is 2. The van der Waals surface area contributed by atoms with Gasteiger partial charge in [-0.1, -0.05) is 12.1 Å². The smallest absolute Gasteiger partial charge is 0.319 e. The number of hydrogen-bond acceptors (Lipinski definition) is 5. The number of carboxylic acids is 1. The predicted octanol–water partition coefficient (Wildman–Crippen LogP) is 2.41. The van der Waals surface area contributed by atoms with Crippen LogP contribution in [-0.2, 0) is 19.1 Å². The molecule has 1 aromatic rings. The fraction of sp³-hybridized carbons (Fsp3) is 0.500. The number of rotatable bonds is 5. The van der Waals surface area contributed by atoms with Crippen LogP contribution >= 0.6 is 0 Å². The molecular weight excluding hydrogens is 312 g/mol. The van der Waals surface area contributed by atoms with E-state index >= 15 is 0 Å². The molecule has 1 saturated carbocycles. The Morgan fingerprint density at radius 2 is 1.88 bits per heavy atom. The monoisotopic (exact) mass is 334 g/mol. The molecule has 0 radical (unpaired) electrons. The number of carboxylic acid groups (broad SMARTS) is 1. The summed E-state index contributed by atoms with van der Waals surface area (Å²) < 4.78 is 9.89. The summed E-state index contributed by atoms with van der Waals surface area (Å²) in [6.45, 7) is 1.54. The minimum absolute atomic E-state index is 0.239. The zero-order valence-electron chi connectivity index (χ0n) is 14.1. The maximum Gasteiger partial charge on any atom is 0.319 e. The lowest BCUT2D eigenvalue weighted by Gasteiger charge is -2.39. The van der Waals surface area contributed by atoms with Crippen LogP contribution in [0.15, 0.2) is 24.3 Å². The average Bonchev–Trinajstić information content (AvgIpc) is 2.58. The normalized spacial score (nSPS) is 26.7. The van der Waals surface area contributed by atoms with Crippen LogP contribution in [-0.4, -0.2) is 37.0 Å². The van der Waals surface area contributed by atoms with Crippen molar-refractivity contribution in [2.75, 3.05) is 14.2 Å². The van der Waals surface area contributed by atoms with Crippen molar-refractivity contribution in [2.24, 2.45) is 11.3 Å². The highest BCUT2D eigenvalue weighted by Crippen LogP contribution is 2.46. The molecule has 3 atom stereocenters. The molecule has 0 spiro atoms. The van der Waals surface area contributed by atoms with E-state index in [-0.39, 0.29) is 18.1 Å². The highest BCUT2D eigenvalue weighted by Gasteiger charge is 2.51. The molecular formula is C18H22O6. The van der Waals surface area contributed by atoms with Gasteiger partial charge in [0.1, 0.15) is 11.2 Å². The molecule has 0 saturated heterocycles. The molecule has 0 unspecified atom stereocenters. The Hall–Kier alpha value is -2.37. The number of carbonyl (C=O) groups is 3. The number of aliphatic carboxylic acids is 1. The fourth-order valence-electron chi connectivity index (χ4n) is 3.46. The molecule has 1 aliphatic rings. The first-order valence-corrected chi connectivity index (χ1v) is 7.82. The topological polar surface area (TPSA) is 89.9 Å². The van der Waals surface area contributed by atoms with E-state index in [0.717, 1.165) is 5.56 Å². The van der Waals surface area contributed by atoms with Crippen LogP contribution in [0.4, 0.5) is 0 Å². The maximum absolute atomic E-state index is 12.9. The van der Waals surface area contributed by atoms with Crippen molar-refractivity contribution in [2.45, 2.75) is 32.1 Å². The summed E-state index contributed by atoms with van der Waals surface area (Å²) in [5, 5.41) is 9.21. The lowest BCUT2D eigenvalue weighted by atomic mass is 9.62. The van der Waals surface area contributed by atoms with Gasteiger partial charge in [-0.3, -0.25) is 14.4 Å². The molecule has 24 heavy (non-hydrogen) atoms. The SMILES string of the molecule is COC(=O)[C@@]1(C)CC[C@H](c2ccc(OC)cc2)[C@@H](CC(=O)O)C1=O. The maximum atomic E-state index is 12.9. The number of hydrogen-bond donors (Lipinski definition) is 1. The first-order chi connectivity index (χ1) is 11.3. The number of ketones is 1. The van der Waals surface area contributed by atoms with Gasteiger partial charge in [-0.2, -0.15) is 0 Å². The molecule has 6 nitrogen and oxygen atoms in total. The van der Waals surface area contributed by atoms with E-state index in [9.17, 15) is 19.5 Å². The summed E-state index contributed by atoms with van der Waals surface area (Å²) in [4.78, 5) is 36.2. The molecule has 6 heteroatoms. The number of methoxy groups -OCH3 is 2. The minimum Gasteiger partial charge on any atom is -0.497 e. The largest absolute Gasteiger partial charge is 0.497 e. The fourth-order valence-corrected chi connectivity index (χ4v) is 3.46. The number of esters is 1. The van der Waals surface area contributed by atoms with Gasteiger partial charge >= 0.3 is 11.9 Å². The molecule has 0 amide bonds.